The Balaban J connectivity index is 2.04. The molecule has 0 saturated carbocycles. The van der Waals surface area contributed by atoms with Crippen LogP contribution in [0.25, 0.3) is 11.0 Å². The average molecular weight is 236 g/mol. The minimum Gasteiger partial charge on any atom is -0.292 e. The minimum atomic E-state index is 0.940. The number of rotatable bonds is 2. The molecule has 3 rings (SSSR count). The molecule has 0 atom stereocenters. The predicted molar refractivity (Wildman–Crippen MR) is 73.5 cm³/mol. The number of aryl methyl sites for hydroxylation is 2. The molecular weight excluding hydrogens is 222 g/mol. The number of hydrogen-bond acceptors (Lipinski definition) is 2. The molecule has 3 nitrogen and oxygen atoms in total. The molecule has 1 N–H and O–H groups in total. The number of nitrogens with one attached hydrogen (secondary N) is 1. The lowest BCUT2D eigenvalue weighted by Crippen LogP contribution is -2.08. The van der Waals surface area contributed by atoms with Gasteiger partial charge in [-0.25, -0.2) is 9.66 Å². The molecule has 0 aliphatic rings. The molecule has 0 aliphatic heterocycles. The monoisotopic (exact) mass is 236 g/mol. The number of anilines is 1. The maximum absolute atomic E-state index is 4.24. The van der Waals surface area contributed by atoms with Crippen molar-refractivity contribution >= 4 is 16.7 Å². The first-order valence-electron chi connectivity index (χ1n) is 5.93. The number of benzene rings is 2. The summed E-state index contributed by atoms with van der Waals surface area (Å²) in [5.74, 6) is 0. The van der Waals surface area contributed by atoms with E-state index in [0.717, 1.165) is 16.7 Å². The molecule has 0 saturated heterocycles. The topological polar surface area (TPSA) is 29.9 Å². The second-order valence-electron chi connectivity index (χ2n) is 4.47. The van der Waals surface area contributed by atoms with E-state index in [1.165, 1.54) is 11.1 Å². The van der Waals surface area contributed by atoms with Crippen LogP contribution in [0.3, 0.4) is 0 Å². The lowest BCUT2D eigenvalue weighted by Gasteiger charge is -2.11. The molecule has 1 aromatic heterocycles. The summed E-state index contributed by atoms with van der Waals surface area (Å²) in [4.78, 5) is 4.24. The van der Waals surface area contributed by atoms with Crippen LogP contribution in [0.2, 0.25) is 0 Å². The summed E-state index contributed by atoms with van der Waals surface area (Å²) >= 11 is 0. The van der Waals surface area contributed by atoms with Crippen molar-refractivity contribution < 1.29 is 0 Å². The maximum atomic E-state index is 4.24. The third-order valence-electron chi connectivity index (χ3n) is 3.02. The third kappa shape index (κ3) is 1.84. The molecule has 0 unspecified atom stereocenters. The molecule has 1 heterocycles. The fourth-order valence-corrected chi connectivity index (χ4v) is 1.97. The quantitative estimate of drug-likeness (QED) is 0.739. The molecule has 0 aliphatic carbocycles. The van der Waals surface area contributed by atoms with E-state index in [2.05, 4.69) is 48.8 Å². The van der Waals surface area contributed by atoms with Gasteiger partial charge in [-0.3, -0.25) is 5.43 Å². The highest BCUT2D eigenvalue weighted by atomic mass is 15.4. The number of nitrogens with zero attached hydrogens (tertiary/aromatic N) is 2. The van der Waals surface area contributed by atoms with Crippen molar-refractivity contribution in [2.24, 2.45) is 0 Å². The van der Waals surface area contributed by atoms with Gasteiger partial charge in [-0.05, 0) is 43.2 Å². The first-order valence-corrected chi connectivity index (χ1v) is 5.93. The number of fused-ring (bicyclic) bond motifs is 1. The van der Waals surface area contributed by atoms with E-state index in [-0.39, 0.29) is 0 Å². The summed E-state index contributed by atoms with van der Waals surface area (Å²) in [5.41, 5.74) is 8.81. The van der Waals surface area contributed by atoms with Crippen molar-refractivity contribution in [1.82, 2.24) is 9.66 Å². The molecule has 0 spiro atoms. The smallest absolute Gasteiger partial charge is 0.198 e. The van der Waals surface area contributed by atoms with Crippen LogP contribution >= 0.6 is 0 Å². The Morgan fingerprint density at radius 1 is 1.11 bits per heavy atom. The van der Waals surface area contributed by atoms with Gasteiger partial charge < -0.3 is 0 Å². The first kappa shape index (κ1) is 10.8. The van der Waals surface area contributed by atoms with E-state index < -0.39 is 0 Å². The summed E-state index contributed by atoms with van der Waals surface area (Å²) in [6, 6.07) is 14.3. The van der Waals surface area contributed by atoms with Gasteiger partial charge in [-0.2, -0.15) is 0 Å². The van der Waals surface area contributed by atoms with Crippen molar-refractivity contribution in [1.29, 1.82) is 0 Å². The summed E-state index contributed by atoms with van der Waals surface area (Å²) in [6.45, 7) is 4.17. The summed E-state index contributed by atoms with van der Waals surface area (Å²) < 4.78 is 1.83. The van der Waals surface area contributed by atoms with Gasteiger partial charge in [-0.1, -0.05) is 24.3 Å². The molecule has 1 radical (unpaired) electrons. The van der Waals surface area contributed by atoms with Crippen molar-refractivity contribution in [3.8, 4) is 0 Å². The molecule has 3 aromatic rings. The van der Waals surface area contributed by atoms with Gasteiger partial charge in [0.15, 0.2) is 6.33 Å². The zero-order valence-corrected chi connectivity index (χ0v) is 10.4. The van der Waals surface area contributed by atoms with Crippen LogP contribution in [-0.2, 0) is 0 Å². The van der Waals surface area contributed by atoms with E-state index >= 15 is 0 Å². The van der Waals surface area contributed by atoms with Crippen molar-refractivity contribution in [2.75, 3.05) is 5.43 Å². The lowest BCUT2D eigenvalue weighted by molar-refractivity contribution is 0.971. The second-order valence-corrected chi connectivity index (χ2v) is 4.47. The Morgan fingerprint density at radius 3 is 2.83 bits per heavy atom. The number of imidazole rings is 1. The number of aromatic nitrogens is 2. The van der Waals surface area contributed by atoms with Gasteiger partial charge in [0.25, 0.3) is 0 Å². The van der Waals surface area contributed by atoms with Gasteiger partial charge >= 0.3 is 0 Å². The van der Waals surface area contributed by atoms with Crippen molar-refractivity contribution in [2.45, 2.75) is 13.8 Å². The van der Waals surface area contributed by atoms with Gasteiger partial charge in [0.1, 0.15) is 0 Å². The van der Waals surface area contributed by atoms with Crippen LogP contribution in [0.1, 0.15) is 11.1 Å². The summed E-state index contributed by atoms with van der Waals surface area (Å²) in [6.07, 6.45) is 2.96. The van der Waals surface area contributed by atoms with Crippen molar-refractivity contribution in [3.05, 3.63) is 59.9 Å². The molecule has 0 fully saturated rings. The Kier molecular flexibility index (Phi) is 2.52. The van der Waals surface area contributed by atoms with Crippen LogP contribution in [-0.4, -0.2) is 9.66 Å². The molecule has 3 heteroatoms. The largest absolute Gasteiger partial charge is 0.292 e. The molecular formula is C15H14N3. The Labute approximate surface area is 106 Å². The normalized spacial score (nSPS) is 10.8. The Morgan fingerprint density at radius 2 is 1.94 bits per heavy atom. The SMILES string of the molecule is Cc1ccc(C)c(Nn2[c]nc3ccccc32)c1. The fraction of sp³-hybridized carbons (Fsp3) is 0.133. The van der Waals surface area contributed by atoms with Crippen LogP contribution in [0.15, 0.2) is 42.5 Å². The highest BCUT2D eigenvalue weighted by Gasteiger charge is 2.04. The summed E-state index contributed by atoms with van der Waals surface area (Å²) in [7, 11) is 0. The van der Waals surface area contributed by atoms with E-state index in [9.17, 15) is 0 Å². The first-order chi connectivity index (χ1) is 8.74. The van der Waals surface area contributed by atoms with Gasteiger partial charge in [0.2, 0.25) is 0 Å². The van der Waals surface area contributed by atoms with Crippen LogP contribution in [0.4, 0.5) is 5.69 Å². The minimum absolute atomic E-state index is 0.940. The molecule has 0 amide bonds. The number of hydrogen-bond donors (Lipinski definition) is 1. The third-order valence-corrected chi connectivity index (χ3v) is 3.02. The molecule has 89 valence electrons. The van der Waals surface area contributed by atoms with Crippen molar-refractivity contribution in [3.63, 3.8) is 0 Å². The van der Waals surface area contributed by atoms with Gasteiger partial charge in [0.05, 0.1) is 16.7 Å². The average Bonchev–Trinajstić information content (AvgIpc) is 2.78. The Bertz CT molecular complexity index is 698. The predicted octanol–water partition coefficient (Wildman–Crippen LogP) is 3.33. The van der Waals surface area contributed by atoms with Crippen LogP contribution in [0.5, 0.6) is 0 Å². The highest BCUT2D eigenvalue weighted by molar-refractivity contribution is 5.75. The maximum Gasteiger partial charge on any atom is 0.198 e. The zero-order valence-electron chi connectivity index (χ0n) is 10.4. The highest BCUT2D eigenvalue weighted by Crippen LogP contribution is 2.18. The second kappa shape index (κ2) is 4.18. The van der Waals surface area contributed by atoms with Gasteiger partial charge in [0, 0.05) is 0 Å². The van der Waals surface area contributed by atoms with E-state index in [0.29, 0.717) is 0 Å². The standard InChI is InChI=1S/C15H14N3/c1-11-7-8-12(2)14(9-11)17-18-10-16-13-5-3-4-6-15(13)18/h3-9,17H,1-2H3. The fourth-order valence-electron chi connectivity index (χ4n) is 1.97. The van der Waals surface area contributed by atoms with E-state index in [1.807, 2.05) is 28.9 Å². The number of para-hydroxylation sites is 2. The van der Waals surface area contributed by atoms with E-state index in [1.54, 1.807) is 0 Å². The Hall–Kier alpha value is -2.29. The summed E-state index contributed by atoms with van der Waals surface area (Å²) in [5, 5.41) is 0. The van der Waals surface area contributed by atoms with Crippen LogP contribution < -0.4 is 5.43 Å². The zero-order chi connectivity index (χ0) is 12.5. The molecule has 0 bridgehead atoms. The lowest BCUT2D eigenvalue weighted by atomic mass is 10.1. The van der Waals surface area contributed by atoms with E-state index in [4.69, 9.17) is 0 Å². The molecule has 2 aromatic carbocycles. The van der Waals surface area contributed by atoms with Crippen LogP contribution in [0, 0.1) is 20.2 Å². The van der Waals surface area contributed by atoms with Gasteiger partial charge in [-0.15, -0.1) is 0 Å². The molecule has 18 heavy (non-hydrogen) atoms.